The molecule has 0 saturated carbocycles. The fraction of sp³-hybridized carbons (Fsp3) is 0.647. The van der Waals surface area contributed by atoms with Gasteiger partial charge in [0.05, 0.1) is 0 Å². The Hall–Kier alpha value is -0.860. The van der Waals surface area contributed by atoms with Crippen LogP contribution in [0.5, 0.6) is 0 Å². The first-order valence-electron chi connectivity index (χ1n) is 7.89. The predicted molar refractivity (Wildman–Crippen MR) is 82.4 cm³/mol. The number of nitrogens with one attached hydrogen (secondary N) is 1. The van der Waals surface area contributed by atoms with Crippen molar-refractivity contribution in [2.24, 2.45) is 0 Å². The summed E-state index contributed by atoms with van der Waals surface area (Å²) in [7, 11) is 0. The lowest BCUT2D eigenvalue weighted by Crippen LogP contribution is -2.32. The molecule has 0 amide bonds. The molecule has 1 saturated heterocycles. The van der Waals surface area contributed by atoms with E-state index in [9.17, 15) is 0 Å². The molecule has 1 aliphatic rings. The largest absolute Gasteiger partial charge is 0.313 e. The maximum absolute atomic E-state index is 3.55. The topological polar surface area (TPSA) is 15.3 Å². The Bertz CT molecular complexity index is 339. The Morgan fingerprint density at radius 3 is 2.37 bits per heavy atom. The van der Waals surface area contributed by atoms with Crippen molar-refractivity contribution in [2.75, 3.05) is 26.2 Å². The van der Waals surface area contributed by atoms with Crippen LogP contribution in [0.25, 0.3) is 0 Å². The molecule has 2 nitrogen and oxygen atoms in total. The van der Waals surface area contributed by atoms with Gasteiger partial charge in [-0.1, -0.05) is 37.6 Å². The van der Waals surface area contributed by atoms with E-state index >= 15 is 0 Å². The minimum absolute atomic E-state index is 1.00. The molecule has 106 valence electrons. The molecule has 0 spiro atoms. The second kappa shape index (κ2) is 8.34. The zero-order valence-electron chi connectivity index (χ0n) is 12.3. The molecule has 0 radical (unpaired) electrons. The summed E-state index contributed by atoms with van der Waals surface area (Å²) in [5.74, 6) is 0. The summed E-state index contributed by atoms with van der Waals surface area (Å²) in [5.41, 5.74) is 2.82. The molecule has 19 heavy (non-hydrogen) atoms. The lowest BCUT2D eigenvalue weighted by molar-refractivity contribution is 0.225. The van der Waals surface area contributed by atoms with Gasteiger partial charge in [0.1, 0.15) is 0 Å². The van der Waals surface area contributed by atoms with Gasteiger partial charge in [0.2, 0.25) is 0 Å². The SMILES string of the molecule is CCc1ccc(CNCCCN2CCCCC2)cc1. The first-order valence-corrected chi connectivity index (χ1v) is 7.89. The molecule has 1 aromatic rings. The standard InChI is InChI=1S/C17H28N2/c1-2-16-7-9-17(10-8-16)15-18-11-6-14-19-12-4-3-5-13-19/h7-10,18H,2-6,11-15H2,1H3. The molecule has 0 aliphatic carbocycles. The Morgan fingerprint density at radius 2 is 1.68 bits per heavy atom. The highest BCUT2D eigenvalue weighted by Crippen LogP contribution is 2.08. The van der Waals surface area contributed by atoms with E-state index in [-0.39, 0.29) is 0 Å². The van der Waals surface area contributed by atoms with E-state index in [1.54, 1.807) is 0 Å². The van der Waals surface area contributed by atoms with Crippen LogP contribution in [-0.2, 0) is 13.0 Å². The molecule has 2 rings (SSSR count). The molecule has 1 aromatic carbocycles. The molecular weight excluding hydrogens is 232 g/mol. The number of likely N-dealkylation sites (tertiary alicyclic amines) is 1. The third-order valence-electron chi connectivity index (χ3n) is 4.04. The van der Waals surface area contributed by atoms with Crippen LogP contribution in [0.1, 0.15) is 43.7 Å². The fourth-order valence-corrected chi connectivity index (χ4v) is 2.74. The van der Waals surface area contributed by atoms with Crippen molar-refractivity contribution in [3.05, 3.63) is 35.4 Å². The maximum atomic E-state index is 3.55. The minimum atomic E-state index is 1.00. The van der Waals surface area contributed by atoms with Gasteiger partial charge in [0.15, 0.2) is 0 Å². The van der Waals surface area contributed by atoms with E-state index in [2.05, 4.69) is 41.4 Å². The van der Waals surface area contributed by atoms with Gasteiger partial charge in [-0.2, -0.15) is 0 Å². The van der Waals surface area contributed by atoms with Crippen LogP contribution in [0.4, 0.5) is 0 Å². The third-order valence-corrected chi connectivity index (χ3v) is 4.04. The molecule has 1 aliphatic heterocycles. The Labute approximate surface area is 118 Å². The van der Waals surface area contributed by atoms with E-state index in [0.717, 1.165) is 19.5 Å². The second-order valence-corrected chi connectivity index (χ2v) is 5.60. The summed E-state index contributed by atoms with van der Waals surface area (Å²) in [6.45, 7) is 8.24. The van der Waals surface area contributed by atoms with E-state index in [1.807, 2.05) is 0 Å². The highest BCUT2D eigenvalue weighted by Gasteiger charge is 2.08. The number of benzene rings is 1. The monoisotopic (exact) mass is 260 g/mol. The Balaban J connectivity index is 1.55. The van der Waals surface area contributed by atoms with Gasteiger partial charge >= 0.3 is 0 Å². The minimum Gasteiger partial charge on any atom is -0.313 e. The number of aryl methyl sites for hydroxylation is 1. The number of hydrogen-bond acceptors (Lipinski definition) is 2. The van der Waals surface area contributed by atoms with Crippen LogP contribution in [0.2, 0.25) is 0 Å². The summed E-state index contributed by atoms with van der Waals surface area (Å²) in [6, 6.07) is 8.97. The van der Waals surface area contributed by atoms with Crippen molar-refractivity contribution in [1.29, 1.82) is 0 Å². The van der Waals surface area contributed by atoms with E-state index < -0.39 is 0 Å². The number of hydrogen-bond donors (Lipinski definition) is 1. The average Bonchev–Trinajstić information content (AvgIpc) is 2.49. The first kappa shape index (κ1) is 14.5. The fourth-order valence-electron chi connectivity index (χ4n) is 2.74. The molecule has 0 atom stereocenters. The Morgan fingerprint density at radius 1 is 1.00 bits per heavy atom. The summed E-state index contributed by atoms with van der Waals surface area (Å²) in [5, 5.41) is 3.55. The lowest BCUT2D eigenvalue weighted by atomic mass is 10.1. The van der Waals surface area contributed by atoms with Gasteiger partial charge < -0.3 is 10.2 Å². The van der Waals surface area contributed by atoms with Crippen LogP contribution in [0, 0.1) is 0 Å². The average molecular weight is 260 g/mol. The summed E-state index contributed by atoms with van der Waals surface area (Å²) in [6.07, 6.45) is 6.63. The maximum Gasteiger partial charge on any atom is 0.0205 e. The molecule has 0 bridgehead atoms. The van der Waals surface area contributed by atoms with Gasteiger partial charge in [-0.05, 0) is 63.0 Å². The van der Waals surface area contributed by atoms with Crippen molar-refractivity contribution in [2.45, 2.75) is 45.6 Å². The third kappa shape index (κ3) is 5.33. The number of piperidine rings is 1. The Kier molecular flexibility index (Phi) is 6.38. The molecule has 0 aromatic heterocycles. The van der Waals surface area contributed by atoms with Gasteiger partial charge in [0.25, 0.3) is 0 Å². The molecular formula is C17H28N2. The zero-order chi connectivity index (χ0) is 13.3. The highest BCUT2D eigenvalue weighted by molar-refractivity contribution is 5.22. The zero-order valence-corrected chi connectivity index (χ0v) is 12.3. The highest BCUT2D eigenvalue weighted by atomic mass is 15.1. The van der Waals surface area contributed by atoms with E-state index in [1.165, 1.54) is 56.4 Å². The summed E-state index contributed by atoms with van der Waals surface area (Å²) >= 11 is 0. The number of nitrogens with zero attached hydrogens (tertiary/aromatic N) is 1. The second-order valence-electron chi connectivity index (χ2n) is 5.60. The molecule has 2 heteroatoms. The van der Waals surface area contributed by atoms with Crippen LogP contribution < -0.4 is 5.32 Å². The molecule has 1 fully saturated rings. The van der Waals surface area contributed by atoms with Gasteiger partial charge in [-0.3, -0.25) is 0 Å². The van der Waals surface area contributed by atoms with Crippen molar-refractivity contribution < 1.29 is 0 Å². The predicted octanol–water partition coefficient (Wildman–Crippen LogP) is 3.21. The molecule has 1 N–H and O–H groups in total. The smallest absolute Gasteiger partial charge is 0.0205 e. The van der Waals surface area contributed by atoms with Gasteiger partial charge in [-0.25, -0.2) is 0 Å². The summed E-state index contributed by atoms with van der Waals surface area (Å²) < 4.78 is 0. The molecule has 0 unspecified atom stereocenters. The first-order chi connectivity index (χ1) is 9.38. The van der Waals surface area contributed by atoms with Gasteiger partial charge in [-0.15, -0.1) is 0 Å². The van der Waals surface area contributed by atoms with Crippen LogP contribution in [-0.4, -0.2) is 31.1 Å². The molecule has 1 heterocycles. The lowest BCUT2D eigenvalue weighted by Gasteiger charge is -2.26. The van der Waals surface area contributed by atoms with E-state index in [4.69, 9.17) is 0 Å². The van der Waals surface area contributed by atoms with Crippen LogP contribution >= 0.6 is 0 Å². The van der Waals surface area contributed by atoms with Crippen molar-refractivity contribution in [3.8, 4) is 0 Å². The van der Waals surface area contributed by atoms with E-state index in [0.29, 0.717) is 0 Å². The normalized spacial score (nSPS) is 16.7. The quantitative estimate of drug-likeness (QED) is 0.757. The van der Waals surface area contributed by atoms with Crippen LogP contribution in [0.15, 0.2) is 24.3 Å². The van der Waals surface area contributed by atoms with Crippen molar-refractivity contribution >= 4 is 0 Å². The van der Waals surface area contributed by atoms with Gasteiger partial charge in [0, 0.05) is 6.54 Å². The van der Waals surface area contributed by atoms with Crippen molar-refractivity contribution in [1.82, 2.24) is 10.2 Å². The summed E-state index contributed by atoms with van der Waals surface area (Å²) in [4.78, 5) is 2.61. The van der Waals surface area contributed by atoms with Crippen molar-refractivity contribution in [3.63, 3.8) is 0 Å². The van der Waals surface area contributed by atoms with Crippen LogP contribution in [0.3, 0.4) is 0 Å². The number of rotatable bonds is 7.